The van der Waals surface area contributed by atoms with Gasteiger partial charge in [-0.1, -0.05) is 16.5 Å². The van der Waals surface area contributed by atoms with Gasteiger partial charge in [0.25, 0.3) is 11.8 Å². The topological polar surface area (TPSA) is 182 Å². The number of hydrogen-bond acceptors (Lipinski definition) is 11. The number of nitrogens with zero attached hydrogens (tertiary/aromatic N) is 4. The van der Waals surface area contributed by atoms with Crippen LogP contribution in [0.25, 0.3) is 11.5 Å². The fraction of sp³-hybridized carbons (Fsp3) is 0.400. The van der Waals surface area contributed by atoms with Gasteiger partial charge in [0.05, 0.1) is 47.6 Å². The van der Waals surface area contributed by atoms with Crippen LogP contribution >= 0.6 is 0 Å². The minimum atomic E-state index is -2.02. The lowest BCUT2D eigenvalue weighted by molar-refractivity contribution is -0.125. The average Bonchev–Trinajstić information content (AvgIpc) is 3.86. The second-order valence-electron chi connectivity index (χ2n) is 10.1. The largest absolute Gasteiger partial charge is 0.494 e. The third-order valence-corrected chi connectivity index (χ3v) is 6.52. The van der Waals surface area contributed by atoms with Crippen molar-refractivity contribution in [2.45, 2.75) is 36.5 Å². The summed E-state index contributed by atoms with van der Waals surface area (Å²) in [5.41, 5.74) is 0.0138. The van der Waals surface area contributed by atoms with Gasteiger partial charge in [0.1, 0.15) is 12.1 Å². The van der Waals surface area contributed by atoms with Crippen molar-refractivity contribution in [3.63, 3.8) is 0 Å². The summed E-state index contributed by atoms with van der Waals surface area (Å²) < 4.78 is 16.1. The average molecular weight is 566 g/mol. The Balaban J connectivity index is 1.46. The molecule has 6 radical (unpaired) electrons. The number of carbonyl (C=O) groups is 3. The molecule has 2 aromatic heterocycles. The molecule has 17 heteroatoms. The molecular weight excluding hydrogens is 541 g/mol. The molecule has 4 N–H and O–H groups in total. The normalized spacial score (nSPS) is 15.4. The van der Waals surface area contributed by atoms with Crippen LogP contribution in [0.4, 0.5) is 17.2 Å². The van der Waals surface area contributed by atoms with E-state index in [4.69, 9.17) is 37.5 Å². The van der Waals surface area contributed by atoms with Gasteiger partial charge in [-0.05, 0) is 37.8 Å². The number of nitrogens with one attached hydrogen (secondary N) is 4. The van der Waals surface area contributed by atoms with Gasteiger partial charge in [0, 0.05) is 19.1 Å². The standard InChI is InChI=1S/C25H25B3N8O6/c1-40-11-17(37)32-24(8-9-24)23-31-22(42-36-23)13-4-3-5-14(19(13)41-2)29-15-10-16(30-20(38)12-6-7-12)34-35-18(15)21(39)33-25(26,27)28/h3-5,10,12H,6-9,11H2,1-2H3,(H,32,37)(H,33,39)(H2,29,30,34,38). The summed E-state index contributed by atoms with van der Waals surface area (Å²) in [4.78, 5) is 41.9. The van der Waals surface area contributed by atoms with Crippen molar-refractivity contribution in [3.8, 4) is 17.2 Å². The monoisotopic (exact) mass is 566 g/mol. The summed E-state index contributed by atoms with van der Waals surface area (Å²) in [5.74, 6) is -0.525. The number of ether oxygens (including phenoxy) is 2. The molecule has 3 amide bonds. The lowest BCUT2D eigenvalue weighted by Gasteiger charge is -2.23. The summed E-state index contributed by atoms with van der Waals surface area (Å²) >= 11 is 0. The van der Waals surface area contributed by atoms with Crippen LogP contribution < -0.4 is 26.0 Å². The van der Waals surface area contributed by atoms with Gasteiger partial charge in [-0.3, -0.25) is 14.4 Å². The number of rotatable bonds is 12. The Kier molecular flexibility index (Phi) is 7.95. The van der Waals surface area contributed by atoms with Crippen LogP contribution in [0.5, 0.6) is 5.75 Å². The number of benzene rings is 1. The molecular formula is C25H25B3N8O6. The Bertz CT molecular complexity index is 1520. The molecule has 14 nitrogen and oxygen atoms in total. The molecule has 210 valence electrons. The van der Waals surface area contributed by atoms with Gasteiger partial charge in [-0.15, -0.1) is 10.2 Å². The smallest absolute Gasteiger partial charge is 0.272 e. The van der Waals surface area contributed by atoms with Crippen molar-refractivity contribution in [2.24, 2.45) is 5.92 Å². The van der Waals surface area contributed by atoms with E-state index in [1.165, 1.54) is 20.3 Å². The molecule has 0 unspecified atom stereocenters. The molecule has 2 saturated carbocycles. The highest BCUT2D eigenvalue weighted by Gasteiger charge is 2.50. The number of carbonyl (C=O) groups excluding carboxylic acids is 3. The molecule has 2 heterocycles. The molecule has 1 aromatic carbocycles. The SMILES string of the molecule is [B]C([B])([B])NC(=O)c1nnc(NC(=O)C2CC2)cc1Nc1cccc(-c2nc(C3(NC(=O)COC)CC3)no2)c1OC. The zero-order chi connectivity index (χ0) is 30.1. The number of methoxy groups -OCH3 is 2. The van der Waals surface area contributed by atoms with Crippen LogP contribution in [0.2, 0.25) is 0 Å². The van der Waals surface area contributed by atoms with Crippen molar-refractivity contribution < 1.29 is 28.4 Å². The highest BCUT2D eigenvalue weighted by Crippen LogP contribution is 2.45. The van der Waals surface area contributed by atoms with E-state index in [0.717, 1.165) is 12.8 Å². The van der Waals surface area contributed by atoms with E-state index in [1.54, 1.807) is 18.2 Å². The Morgan fingerprint density at radius 1 is 1.12 bits per heavy atom. The lowest BCUT2D eigenvalue weighted by atomic mass is 9.49. The maximum absolute atomic E-state index is 12.9. The first kappa shape index (κ1) is 29.1. The number of aromatic nitrogens is 4. The first-order valence-electron chi connectivity index (χ1n) is 13.0. The molecule has 2 aliphatic carbocycles. The van der Waals surface area contributed by atoms with Crippen molar-refractivity contribution in [3.05, 3.63) is 35.8 Å². The molecule has 3 aromatic rings. The predicted octanol–water partition coefficient (Wildman–Crippen LogP) is 0.226. The number of para-hydroxylation sites is 1. The zero-order valence-electron chi connectivity index (χ0n) is 22.9. The van der Waals surface area contributed by atoms with E-state index < -0.39 is 16.7 Å². The highest BCUT2D eigenvalue weighted by molar-refractivity contribution is 6.60. The molecule has 0 aliphatic heterocycles. The van der Waals surface area contributed by atoms with Gasteiger partial charge >= 0.3 is 0 Å². The summed E-state index contributed by atoms with van der Waals surface area (Å²) in [6, 6.07) is 6.52. The summed E-state index contributed by atoms with van der Waals surface area (Å²) in [6.07, 6.45) is 2.88. The highest BCUT2D eigenvalue weighted by atomic mass is 16.5. The van der Waals surface area contributed by atoms with Crippen LogP contribution in [0, 0.1) is 5.92 Å². The van der Waals surface area contributed by atoms with E-state index in [9.17, 15) is 14.4 Å². The molecule has 2 aliphatic rings. The Morgan fingerprint density at radius 3 is 2.52 bits per heavy atom. The van der Waals surface area contributed by atoms with Gasteiger partial charge in [0.2, 0.25) is 11.8 Å². The fourth-order valence-corrected chi connectivity index (χ4v) is 4.21. The van der Waals surface area contributed by atoms with Crippen LogP contribution in [-0.4, -0.2) is 87.7 Å². The summed E-state index contributed by atoms with van der Waals surface area (Å²) in [7, 11) is 19.5. The van der Waals surface area contributed by atoms with Crippen molar-refractivity contribution in [1.29, 1.82) is 0 Å². The fourth-order valence-electron chi connectivity index (χ4n) is 4.21. The van der Waals surface area contributed by atoms with Gasteiger partial charge in [-0.2, -0.15) is 4.98 Å². The van der Waals surface area contributed by atoms with E-state index in [0.29, 0.717) is 35.7 Å². The van der Waals surface area contributed by atoms with Crippen molar-refractivity contribution >= 4 is 58.5 Å². The number of amides is 3. The minimum absolute atomic E-state index is 0.0855. The van der Waals surface area contributed by atoms with Gasteiger partial charge < -0.3 is 35.3 Å². The summed E-state index contributed by atoms with van der Waals surface area (Å²) in [5, 5.41) is 20.9. The third-order valence-electron chi connectivity index (χ3n) is 6.52. The molecule has 2 fully saturated rings. The van der Waals surface area contributed by atoms with E-state index in [-0.39, 0.29) is 47.4 Å². The van der Waals surface area contributed by atoms with Gasteiger partial charge in [0.15, 0.2) is 23.1 Å². The maximum atomic E-state index is 12.9. The third kappa shape index (κ3) is 6.56. The molecule has 0 bridgehead atoms. The second kappa shape index (κ2) is 11.5. The predicted molar refractivity (Wildman–Crippen MR) is 151 cm³/mol. The molecule has 0 spiro atoms. The molecule has 5 rings (SSSR count). The molecule has 0 atom stereocenters. The first-order valence-corrected chi connectivity index (χ1v) is 13.0. The Morgan fingerprint density at radius 2 is 1.88 bits per heavy atom. The second-order valence-corrected chi connectivity index (χ2v) is 10.1. The van der Waals surface area contributed by atoms with Crippen LogP contribution in [0.3, 0.4) is 0 Å². The zero-order valence-corrected chi connectivity index (χ0v) is 22.9. The molecule has 0 saturated heterocycles. The van der Waals surface area contributed by atoms with Crippen molar-refractivity contribution in [1.82, 2.24) is 31.0 Å². The van der Waals surface area contributed by atoms with E-state index in [2.05, 4.69) is 41.6 Å². The number of anilines is 3. The van der Waals surface area contributed by atoms with Gasteiger partial charge in [-0.25, -0.2) is 0 Å². The van der Waals surface area contributed by atoms with Crippen LogP contribution in [0.1, 0.15) is 42.0 Å². The summed E-state index contributed by atoms with van der Waals surface area (Å²) in [6.45, 7) is -0.0906. The van der Waals surface area contributed by atoms with Crippen molar-refractivity contribution in [2.75, 3.05) is 31.5 Å². The molecule has 42 heavy (non-hydrogen) atoms. The lowest BCUT2D eigenvalue weighted by Crippen LogP contribution is -2.50. The minimum Gasteiger partial charge on any atom is -0.494 e. The Hall–Kier alpha value is -4.40. The van der Waals surface area contributed by atoms with E-state index >= 15 is 0 Å². The van der Waals surface area contributed by atoms with E-state index in [1.807, 2.05) is 0 Å². The quantitative estimate of drug-likeness (QED) is 0.220. The first-order chi connectivity index (χ1) is 20.0. The van der Waals surface area contributed by atoms with Crippen LogP contribution in [-0.2, 0) is 19.9 Å². The number of hydrogen-bond donors (Lipinski definition) is 4. The maximum Gasteiger partial charge on any atom is 0.272 e. The Labute approximate surface area is 244 Å². The van der Waals surface area contributed by atoms with Crippen LogP contribution in [0.15, 0.2) is 28.8 Å².